The van der Waals surface area contributed by atoms with Gasteiger partial charge in [0.2, 0.25) is 5.91 Å². The molecule has 1 aromatic carbocycles. The minimum Gasteiger partial charge on any atom is -0.478 e. The molecule has 28 heavy (non-hydrogen) atoms. The highest BCUT2D eigenvalue weighted by Crippen LogP contribution is 2.30. The standard InChI is InChI=1S/C20H24N4O4/c1-13(23-9-3-6-17(23)25)19-21-18(14-7-10-28-11-8-14)22-24(19)16-5-2-4-15(12-16)20(26)27/h2,4-5,12-14H,3,6-11H2,1H3,(H,26,27)/t13-/m0/s1. The van der Waals surface area contributed by atoms with Gasteiger partial charge in [-0.3, -0.25) is 4.79 Å². The average Bonchev–Trinajstić information content (AvgIpc) is 3.35. The van der Waals surface area contributed by atoms with E-state index in [1.54, 1.807) is 22.9 Å². The van der Waals surface area contributed by atoms with Crippen molar-refractivity contribution in [2.24, 2.45) is 0 Å². The van der Waals surface area contributed by atoms with Crippen LogP contribution in [0.25, 0.3) is 5.69 Å². The molecule has 2 aromatic rings. The third kappa shape index (κ3) is 3.52. The number of amides is 1. The molecule has 2 saturated heterocycles. The van der Waals surface area contributed by atoms with Crippen LogP contribution in [0, 0.1) is 0 Å². The molecule has 1 N–H and O–H groups in total. The van der Waals surface area contributed by atoms with Gasteiger partial charge < -0.3 is 14.7 Å². The second-order valence-corrected chi connectivity index (χ2v) is 7.35. The number of aromatic nitrogens is 3. The second kappa shape index (κ2) is 7.71. The summed E-state index contributed by atoms with van der Waals surface area (Å²) in [4.78, 5) is 30.3. The number of carbonyl (C=O) groups is 2. The fourth-order valence-electron chi connectivity index (χ4n) is 3.92. The molecule has 2 aliphatic heterocycles. The minimum atomic E-state index is -0.990. The SMILES string of the molecule is C[C@@H](c1nc(C2CCOCC2)nn1-c1cccc(C(=O)O)c1)N1CCCC1=O. The molecule has 1 atom stereocenters. The van der Waals surface area contributed by atoms with E-state index >= 15 is 0 Å². The lowest BCUT2D eigenvalue weighted by Gasteiger charge is -2.23. The molecule has 2 aliphatic rings. The first-order chi connectivity index (χ1) is 13.5. The van der Waals surface area contributed by atoms with E-state index in [2.05, 4.69) is 0 Å². The Balaban J connectivity index is 1.76. The zero-order valence-corrected chi connectivity index (χ0v) is 15.9. The number of carboxylic acid groups (broad SMARTS) is 1. The number of aromatic carboxylic acids is 1. The summed E-state index contributed by atoms with van der Waals surface area (Å²) >= 11 is 0. The summed E-state index contributed by atoms with van der Waals surface area (Å²) in [5.74, 6) is 0.736. The first kappa shape index (κ1) is 18.6. The Morgan fingerprint density at radius 3 is 2.79 bits per heavy atom. The van der Waals surface area contributed by atoms with Gasteiger partial charge in [-0.25, -0.2) is 14.5 Å². The number of rotatable bonds is 5. The van der Waals surface area contributed by atoms with Crippen molar-refractivity contribution < 1.29 is 19.4 Å². The van der Waals surface area contributed by atoms with Crippen molar-refractivity contribution in [1.29, 1.82) is 0 Å². The van der Waals surface area contributed by atoms with Gasteiger partial charge in [-0.15, -0.1) is 0 Å². The first-order valence-electron chi connectivity index (χ1n) is 9.72. The Bertz CT molecular complexity index is 888. The van der Waals surface area contributed by atoms with Gasteiger partial charge in [0.05, 0.1) is 17.3 Å². The molecule has 3 heterocycles. The van der Waals surface area contributed by atoms with Crippen LogP contribution in [0.4, 0.5) is 0 Å². The molecule has 1 aromatic heterocycles. The zero-order chi connectivity index (χ0) is 19.7. The van der Waals surface area contributed by atoms with E-state index in [0.29, 0.717) is 37.7 Å². The number of carboxylic acids is 1. The normalized spacial score (nSPS) is 19.2. The van der Waals surface area contributed by atoms with E-state index in [0.717, 1.165) is 25.1 Å². The van der Waals surface area contributed by atoms with Crippen LogP contribution in [0.2, 0.25) is 0 Å². The van der Waals surface area contributed by atoms with Gasteiger partial charge in [-0.1, -0.05) is 6.07 Å². The molecule has 0 radical (unpaired) electrons. The second-order valence-electron chi connectivity index (χ2n) is 7.35. The number of hydrogen-bond donors (Lipinski definition) is 1. The molecule has 1 amide bonds. The lowest BCUT2D eigenvalue weighted by atomic mass is 10.00. The Hall–Kier alpha value is -2.74. The van der Waals surface area contributed by atoms with Crippen LogP contribution >= 0.6 is 0 Å². The smallest absolute Gasteiger partial charge is 0.335 e. The summed E-state index contributed by atoms with van der Waals surface area (Å²) < 4.78 is 7.15. The van der Waals surface area contributed by atoms with Crippen LogP contribution in [0.5, 0.6) is 0 Å². The summed E-state index contributed by atoms with van der Waals surface area (Å²) in [6, 6.07) is 6.42. The molecule has 0 unspecified atom stereocenters. The van der Waals surface area contributed by atoms with E-state index < -0.39 is 5.97 Å². The summed E-state index contributed by atoms with van der Waals surface area (Å²) in [7, 11) is 0. The molecule has 0 bridgehead atoms. The third-order valence-corrected chi connectivity index (χ3v) is 5.52. The molecule has 0 spiro atoms. The van der Waals surface area contributed by atoms with Crippen molar-refractivity contribution in [3.05, 3.63) is 41.5 Å². The highest BCUT2D eigenvalue weighted by atomic mass is 16.5. The van der Waals surface area contributed by atoms with Gasteiger partial charge in [0, 0.05) is 32.1 Å². The number of likely N-dealkylation sites (tertiary alicyclic amines) is 1. The van der Waals surface area contributed by atoms with Gasteiger partial charge >= 0.3 is 5.97 Å². The van der Waals surface area contributed by atoms with Crippen molar-refractivity contribution in [3.8, 4) is 5.69 Å². The quantitative estimate of drug-likeness (QED) is 0.851. The highest BCUT2D eigenvalue weighted by Gasteiger charge is 2.31. The summed E-state index contributed by atoms with van der Waals surface area (Å²) in [6.07, 6.45) is 3.11. The number of hydrogen-bond acceptors (Lipinski definition) is 5. The summed E-state index contributed by atoms with van der Waals surface area (Å²) in [6.45, 7) is 4.03. The molecule has 8 heteroatoms. The highest BCUT2D eigenvalue weighted by molar-refractivity contribution is 5.88. The van der Waals surface area contributed by atoms with E-state index in [1.807, 2.05) is 17.9 Å². The third-order valence-electron chi connectivity index (χ3n) is 5.52. The predicted molar refractivity (Wildman–Crippen MR) is 100 cm³/mol. The maximum Gasteiger partial charge on any atom is 0.335 e. The van der Waals surface area contributed by atoms with Gasteiger partial charge in [0.1, 0.15) is 0 Å². The van der Waals surface area contributed by atoms with Crippen molar-refractivity contribution in [1.82, 2.24) is 19.7 Å². The topological polar surface area (TPSA) is 97.6 Å². The van der Waals surface area contributed by atoms with Crippen LogP contribution in [-0.4, -0.2) is 56.4 Å². The van der Waals surface area contributed by atoms with Crippen molar-refractivity contribution in [3.63, 3.8) is 0 Å². The Labute approximate surface area is 163 Å². The Morgan fingerprint density at radius 1 is 1.32 bits per heavy atom. The Morgan fingerprint density at radius 2 is 2.11 bits per heavy atom. The molecular weight excluding hydrogens is 360 g/mol. The number of benzene rings is 1. The maximum atomic E-state index is 12.3. The molecule has 148 valence electrons. The molecular formula is C20H24N4O4. The molecule has 4 rings (SSSR count). The maximum absolute atomic E-state index is 12.3. The molecule has 0 saturated carbocycles. The lowest BCUT2D eigenvalue weighted by Crippen LogP contribution is -2.30. The van der Waals surface area contributed by atoms with E-state index in [9.17, 15) is 14.7 Å². The minimum absolute atomic E-state index is 0.119. The monoisotopic (exact) mass is 384 g/mol. The lowest BCUT2D eigenvalue weighted by molar-refractivity contribution is -0.129. The van der Waals surface area contributed by atoms with Crippen LogP contribution in [0.1, 0.15) is 66.6 Å². The van der Waals surface area contributed by atoms with Crippen molar-refractivity contribution >= 4 is 11.9 Å². The number of ether oxygens (including phenoxy) is 1. The Kier molecular flexibility index (Phi) is 5.13. The van der Waals surface area contributed by atoms with Crippen molar-refractivity contribution in [2.45, 2.75) is 44.6 Å². The van der Waals surface area contributed by atoms with Crippen LogP contribution in [0.15, 0.2) is 24.3 Å². The predicted octanol–water partition coefficient (Wildman–Crippen LogP) is 2.54. The summed E-state index contributed by atoms with van der Waals surface area (Å²) in [5, 5.41) is 14.1. The van der Waals surface area contributed by atoms with Gasteiger partial charge in [-0.2, -0.15) is 5.10 Å². The molecule has 0 aliphatic carbocycles. The summed E-state index contributed by atoms with van der Waals surface area (Å²) in [5.41, 5.74) is 0.829. The van der Waals surface area contributed by atoms with E-state index in [1.165, 1.54) is 0 Å². The molecule has 8 nitrogen and oxygen atoms in total. The fraction of sp³-hybridized carbons (Fsp3) is 0.500. The fourth-order valence-corrected chi connectivity index (χ4v) is 3.92. The molecule has 2 fully saturated rings. The van der Waals surface area contributed by atoms with Gasteiger partial charge in [0.25, 0.3) is 0 Å². The van der Waals surface area contributed by atoms with Crippen LogP contribution in [0.3, 0.4) is 0 Å². The van der Waals surface area contributed by atoms with E-state index in [4.69, 9.17) is 14.8 Å². The van der Waals surface area contributed by atoms with Crippen molar-refractivity contribution in [2.75, 3.05) is 19.8 Å². The van der Waals surface area contributed by atoms with Crippen LogP contribution in [-0.2, 0) is 9.53 Å². The number of nitrogens with zero attached hydrogens (tertiary/aromatic N) is 4. The van der Waals surface area contributed by atoms with Crippen LogP contribution < -0.4 is 0 Å². The van der Waals surface area contributed by atoms with Gasteiger partial charge in [0.15, 0.2) is 11.6 Å². The van der Waals surface area contributed by atoms with E-state index in [-0.39, 0.29) is 23.4 Å². The largest absolute Gasteiger partial charge is 0.478 e. The first-order valence-corrected chi connectivity index (χ1v) is 9.72. The zero-order valence-electron chi connectivity index (χ0n) is 15.9. The van der Waals surface area contributed by atoms with Gasteiger partial charge in [-0.05, 0) is 44.4 Å². The number of carbonyl (C=O) groups excluding carboxylic acids is 1. The average molecular weight is 384 g/mol.